The Morgan fingerprint density at radius 2 is 2.26 bits per heavy atom. The van der Waals surface area contributed by atoms with Crippen molar-refractivity contribution in [1.82, 2.24) is 5.32 Å². The normalized spacial score (nSPS) is 16.6. The summed E-state index contributed by atoms with van der Waals surface area (Å²) in [6, 6.07) is 5.67. The molecule has 102 valence electrons. The first kappa shape index (κ1) is 14.1. The monoisotopic (exact) mass is 279 g/mol. The van der Waals surface area contributed by atoms with Crippen LogP contribution in [-0.2, 0) is 4.79 Å². The first-order valence-electron chi connectivity index (χ1n) is 6.38. The average molecular weight is 280 g/mol. The fraction of sp³-hybridized carbons (Fsp3) is 0.400. The van der Waals surface area contributed by atoms with Gasteiger partial charge in [-0.15, -0.1) is 0 Å². The van der Waals surface area contributed by atoms with E-state index in [2.05, 4.69) is 5.32 Å². The summed E-state index contributed by atoms with van der Waals surface area (Å²) in [5.41, 5.74) is 1.85. The Bertz CT molecular complexity index is 507. The molecule has 3 nitrogen and oxygen atoms in total. The molecule has 0 aromatic heterocycles. The van der Waals surface area contributed by atoms with E-state index in [1.54, 1.807) is 6.08 Å². The van der Waals surface area contributed by atoms with Crippen LogP contribution in [0.2, 0.25) is 5.02 Å². The maximum absolute atomic E-state index is 11.6. The molecule has 1 aliphatic carbocycles. The smallest absolute Gasteiger partial charge is 0.244 e. The lowest BCUT2D eigenvalue weighted by Crippen LogP contribution is -2.30. The van der Waals surface area contributed by atoms with Crippen LogP contribution in [-0.4, -0.2) is 24.2 Å². The molecule has 0 atom stereocenters. The summed E-state index contributed by atoms with van der Waals surface area (Å²) in [7, 11) is 0. The van der Waals surface area contributed by atoms with Crippen LogP contribution in [0.25, 0.3) is 6.08 Å². The van der Waals surface area contributed by atoms with E-state index in [1.165, 1.54) is 6.08 Å². The number of hydrogen-bond acceptors (Lipinski definition) is 2. The molecule has 1 amide bonds. The molecule has 0 aliphatic heterocycles. The van der Waals surface area contributed by atoms with Crippen molar-refractivity contribution in [2.24, 2.45) is 5.41 Å². The number of aryl methyl sites for hydroxylation is 1. The molecule has 0 heterocycles. The van der Waals surface area contributed by atoms with E-state index in [0.29, 0.717) is 11.6 Å². The fourth-order valence-electron chi connectivity index (χ4n) is 1.79. The number of carbonyl (C=O) groups excluding carboxylic acids is 1. The molecule has 2 rings (SSSR count). The van der Waals surface area contributed by atoms with Crippen LogP contribution in [0.1, 0.15) is 24.0 Å². The fourth-order valence-corrected chi connectivity index (χ4v) is 1.97. The van der Waals surface area contributed by atoms with Gasteiger partial charge >= 0.3 is 0 Å². The van der Waals surface area contributed by atoms with Crippen molar-refractivity contribution in [3.63, 3.8) is 0 Å². The summed E-state index contributed by atoms with van der Waals surface area (Å²) in [6.45, 7) is 2.62. The third-order valence-corrected chi connectivity index (χ3v) is 3.96. The highest BCUT2D eigenvalue weighted by atomic mass is 35.5. The van der Waals surface area contributed by atoms with Gasteiger partial charge in [0.05, 0.1) is 6.61 Å². The molecule has 19 heavy (non-hydrogen) atoms. The third kappa shape index (κ3) is 3.82. The lowest BCUT2D eigenvalue weighted by Gasteiger charge is -2.11. The largest absolute Gasteiger partial charge is 0.396 e. The minimum absolute atomic E-state index is 0.0589. The van der Waals surface area contributed by atoms with E-state index in [9.17, 15) is 4.79 Å². The second-order valence-electron chi connectivity index (χ2n) is 5.22. The number of hydrogen-bond donors (Lipinski definition) is 2. The highest BCUT2D eigenvalue weighted by molar-refractivity contribution is 6.31. The summed E-state index contributed by atoms with van der Waals surface area (Å²) < 4.78 is 0. The second kappa shape index (κ2) is 5.76. The molecule has 0 radical (unpaired) electrons. The quantitative estimate of drug-likeness (QED) is 0.814. The van der Waals surface area contributed by atoms with Crippen LogP contribution in [0.3, 0.4) is 0 Å². The van der Waals surface area contributed by atoms with Crippen LogP contribution >= 0.6 is 11.6 Å². The lowest BCUT2D eigenvalue weighted by molar-refractivity contribution is -0.116. The molecule has 0 saturated heterocycles. The Kier molecular flexibility index (Phi) is 4.27. The molecule has 0 bridgehead atoms. The third-order valence-electron chi connectivity index (χ3n) is 3.55. The summed E-state index contributed by atoms with van der Waals surface area (Å²) in [6.07, 6.45) is 5.20. The first-order valence-corrected chi connectivity index (χ1v) is 6.75. The van der Waals surface area contributed by atoms with Crippen LogP contribution in [0.15, 0.2) is 24.3 Å². The van der Waals surface area contributed by atoms with Gasteiger partial charge in [0.15, 0.2) is 0 Å². The van der Waals surface area contributed by atoms with Crippen molar-refractivity contribution >= 4 is 23.6 Å². The number of amides is 1. The summed E-state index contributed by atoms with van der Waals surface area (Å²) in [5.74, 6) is -0.142. The molecule has 4 heteroatoms. The van der Waals surface area contributed by atoms with Crippen molar-refractivity contribution < 1.29 is 9.90 Å². The van der Waals surface area contributed by atoms with Crippen LogP contribution in [0.4, 0.5) is 0 Å². The predicted octanol–water partition coefficient (Wildman–Crippen LogP) is 2.55. The highest BCUT2D eigenvalue weighted by Gasteiger charge is 2.41. The van der Waals surface area contributed by atoms with E-state index < -0.39 is 0 Å². The maximum Gasteiger partial charge on any atom is 0.244 e. The molecule has 1 fully saturated rings. The lowest BCUT2D eigenvalue weighted by atomic mass is 10.1. The molecule has 1 aromatic rings. The number of benzene rings is 1. The van der Waals surface area contributed by atoms with Gasteiger partial charge in [-0.1, -0.05) is 23.7 Å². The number of nitrogens with one attached hydrogen (secondary N) is 1. The van der Waals surface area contributed by atoms with Gasteiger partial charge < -0.3 is 10.4 Å². The van der Waals surface area contributed by atoms with Gasteiger partial charge in [-0.05, 0) is 43.0 Å². The second-order valence-corrected chi connectivity index (χ2v) is 5.63. The Morgan fingerprint density at radius 3 is 2.84 bits per heavy atom. The van der Waals surface area contributed by atoms with Crippen LogP contribution in [0.5, 0.6) is 0 Å². The Balaban J connectivity index is 1.87. The number of rotatable bonds is 5. The minimum atomic E-state index is -0.142. The Labute approximate surface area is 118 Å². The van der Waals surface area contributed by atoms with Gasteiger partial charge in [0.2, 0.25) is 5.91 Å². The number of carbonyl (C=O) groups is 1. The zero-order chi connectivity index (χ0) is 13.9. The van der Waals surface area contributed by atoms with E-state index in [-0.39, 0.29) is 17.9 Å². The van der Waals surface area contributed by atoms with Gasteiger partial charge in [-0.3, -0.25) is 4.79 Å². The summed E-state index contributed by atoms with van der Waals surface area (Å²) in [4.78, 5) is 11.6. The standard InChI is InChI=1S/C15H18ClNO2/c1-11-2-3-12(8-13(11)16)4-5-14(19)17-9-15(10-18)6-7-15/h2-5,8,18H,6-7,9-10H2,1H3,(H,17,19)/b5-4+. The van der Waals surface area contributed by atoms with Gasteiger partial charge in [0.25, 0.3) is 0 Å². The SMILES string of the molecule is Cc1ccc(/C=C/C(=O)NCC2(CO)CC2)cc1Cl. The molecule has 1 saturated carbocycles. The molecular formula is C15H18ClNO2. The van der Waals surface area contributed by atoms with Gasteiger partial charge in [0, 0.05) is 23.1 Å². The topological polar surface area (TPSA) is 49.3 Å². The predicted molar refractivity (Wildman–Crippen MR) is 77.0 cm³/mol. The van der Waals surface area contributed by atoms with Gasteiger partial charge in [-0.2, -0.15) is 0 Å². The van der Waals surface area contributed by atoms with Crippen molar-refractivity contribution in [2.75, 3.05) is 13.2 Å². The Hall–Kier alpha value is -1.32. The summed E-state index contributed by atoms with van der Waals surface area (Å²) in [5, 5.41) is 12.7. The summed E-state index contributed by atoms with van der Waals surface area (Å²) >= 11 is 6.01. The maximum atomic E-state index is 11.6. The molecular weight excluding hydrogens is 262 g/mol. The van der Waals surface area contributed by atoms with Crippen molar-refractivity contribution in [1.29, 1.82) is 0 Å². The van der Waals surface area contributed by atoms with Crippen LogP contribution in [0, 0.1) is 12.3 Å². The first-order chi connectivity index (χ1) is 9.04. The molecule has 0 unspecified atom stereocenters. The Morgan fingerprint density at radius 1 is 1.53 bits per heavy atom. The number of aliphatic hydroxyl groups is 1. The molecule has 2 N–H and O–H groups in total. The van der Waals surface area contributed by atoms with Gasteiger partial charge in [-0.25, -0.2) is 0 Å². The molecule has 1 aromatic carbocycles. The van der Waals surface area contributed by atoms with E-state index in [0.717, 1.165) is 24.0 Å². The zero-order valence-electron chi connectivity index (χ0n) is 10.9. The number of halogens is 1. The van der Waals surface area contributed by atoms with E-state index in [1.807, 2.05) is 25.1 Å². The minimum Gasteiger partial charge on any atom is -0.396 e. The zero-order valence-corrected chi connectivity index (χ0v) is 11.7. The van der Waals surface area contributed by atoms with Crippen LogP contribution < -0.4 is 5.32 Å². The highest BCUT2D eigenvalue weighted by Crippen LogP contribution is 2.44. The van der Waals surface area contributed by atoms with Crippen molar-refractivity contribution in [3.8, 4) is 0 Å². The average Bonchev–Trinajstić information content (AvgIpc) is 3.18. The van der Waals surface area contributed by atoms with E-state index >= 15 is 0 Å². The molecule has 1 aliphatic rings. The number of aliphatic hydroxyl groups excluding tert-OH is 1. The van der Waals surface area contributed by atoms with E-state index in [4.69, 9.17) is 16.7 Å². The van der Waals surface area contributed by atoms with Gasteiger partial charge in [0.1, 0.15) is 0 Å². The van der Waals surface area contributed by atoms with Crippen molar-refractivity contribution in [3.05, 3.63) is 40.4 Å². The molecule has 0 spiro atoms. The van der Waals surface area contributed by atoms with Crippen molar-refractivity contribution in [2.45, 2.75) is 19.8 Å².